The summed E-state index contributed by atoms with van der Waals surface area (Å²) in [5, 5.41) is 4.74. The van der Waals surface area contributed by atoms with Gasteiger partial charge in [-0.15, -0.1) is 23.1 Å². The zero-order valence-electron chi connectivity index (χ0n) is 10.2. The van der Waals surface area contributed by atoms with Gasteiger partial charge in [0, 0.05) is 4.90 Å². The Morgan fingerprint density at radius 3 is 2.83 bits per heavy atom. The number of nitrogens with one attached hydrogen (secondary N) is 1. The van der Waals surface area contributed by atoms with Crippen molar-refractivity contribution in [1.29, 1.82) is 0 Å². The van der Waals surface area contributed by atoms with E-state index in [-0.39, 0.29) is 17.4 Å². The van der Waals surface area contributed by atoms with Crippen LogP contribution in [0.1, 0.15) is 23.0 Å². The Morgan fingerprint density at radius 1 is 1.56 bits per heavy atom. The average molecular weight is 305 g/mol. The Kier molecular flexibility index (Phi) is 3.75. The van der Waals surface area contributed by atoms with Crippen LogP contribution in [0.4, 0.5) is 0 Å². The molecule has 0 spiro atoms. The first kappa shape index (κ1) is 13.9. The van der Waals surface area contributed by atoms with E-state index in [2.05, 4.69) is 5.32 Å². The standard InChI is InChI=1S/C11H15NO3S3/c1-11(4-6-18(14,15)7-11)12-10(13)9-8(16-2)3-5-17-9/h3,5H,4,6-7H2,1-2H3,(H,12,13). The van der Waals surface area contributed by atoms with Crippen molar-refractivity contribution in [1.82, 2.24) is 5.32 Å². The summed E-state index contributed by atoms with van der Waals surface area (Å²) in [6.07, 6.45) is 2.40. The monoisotopic (exact) mass is 305 g/mol. The molecule has 1 unspecified atom stereocenters. The Labute approximate surface area is 115 Å². The molecule has 0 aliphatic carbocycles. The van der Waals surface area contributed by atoms with E-state index in [9.17, 15) is 13.2 Å². The summed E-state index contributed by atoms with van der Waals surface area (Å²) < 4.78 is 23.0. The third-order valence-electron chi connectivity index (χ3n) is 2.97. The van der Waals surface area contributed by atoms with Crippen molar-refractivity contribution in [2.75, 3.05) is 17.8 Å². The van der Waals surface area contributed by atoms with E-state index in [4.69, 9.17) is 0 Å². The van der Waals surface area contributed by atoms with Crippen molar-refractivity contribution in [2.45, 2.75) is 23.8 Å². The van der Waals surface area contributed by atoms with Gasteiger partial charge in [-0.1, -0.05) is 0 Å². The van der Waals surface area contributed by atoms with Crippen LogP contribution in [0.3, 0.4) is 0 Å². The number of carbonyl (C=O) groups is 1. The van der Waals surface area contributed by atoms with Gasteiger partial charge in [0.1, 0.15) is 4.88 Å². The number of sulfone groups is 1. The lowest BCUT2D eigenvalue weighted by atomic mass is 10.0. The molecule has 1 fully saturated rings. The van der Waals surface area contributed by atoms with E-state index in [1.807, 2.05) is 17.7 Å². The number of carbonyl (C=O) groups excluding carboxylic acids is 1. The Balaban J connectivity index is 2.13. The molecule has 7 heteroatoms. The molecule has 2 rings (SSSR count). The normalized spacial score (nSPS) is 26.1. The first-order valence-electron chi connectivity index (χ1n) is 5.50. The molecule has 1 amide bonds. The summed E-state index contributed by atoms with van der Waals surface area (Å²) in [4.78, 5) is 13.7. The Bertz CT molecular complexity index is 564. The lowest BCUT2D eigenvalue weighted by molar-refractivity contribution is 0.0917. The molecule has 0 saturated carbocycles. The summed E-state index contributed by atoms with van der Waals surface area (Å²) in [7, 11) is -3.00. The van der Waals surface area contributed by atoms with Gasteiger partial charge in [-0.2, -0.15) is 0 Å². The van der Waals surface area contributed by atoms with Crippen molar-refractivity contribution in [3.63, 3.8) is 0 Å². The fraction of sp³-hybridized carbons (Fsp3) is 0.545. The highest BCUT2D eigenvalue weighted by Crippen LogP contribution is 2.28. The molecule has 0 radical (unpaired) electrons. The van der Waals surface area contributed by atoms with E-state index in [0.29, 0.717) is 11.3 Å². The largest absolute Gasteiger partial charge is 0.345 e. The maximum atomic E-state index is 12.1. The van der Waals surface area contributed by atoms with Crippen LogP contribution in [0, 0.1) is 0 Å². The average Bonchev–Trinajstić information content (AvgIpc) is 2.82. The molecule has 1 N–H and O–H groups in total. The van der Waals surface area contributed by atoms with Crippen LogP contribution in [-0.2, 0) is 9.84 Å². The van der Waals surface area contributed by atoms with Crippen molar-refractivity contribution >= 4 is 38.8 Å². The van der Waals surface area contributed by atoms with Gasteiger partial charge >= 0.3 is 0 Å². The summed E-state index contributed by atoms with van der Waals surface area (Å²) in [5.41, 5.74) is -0.629. The molecule has 1 aliphatic rings. The summed E-state index contributed by atoms with van der Waals surface area (Å²) in [6, 6.07) is 1.90. The van der Waals surface area contributed by atoms with Crippen LogP contribution < -0.4 is 5.32 Å². The van der Waals surface area contributed by atoms with Gasteiger partial charge < -0.3 is 5.32 Å². The van der Waals surface area contributed by atoms with E-state index in [1.54, 1.807) is 6.92 Å². The number of hydrogen-bond acceptors (Lipinski definition) is 5. The van der Waals surface area contributed by atoms with Crippen LogP contribution in [0.15, 0.2) is 16.3 Å². The quantitative estimate of drug-likeness (QED) is 0.865. The molecular weight excluding hydrogens is 290 g/mol. The number of rotatable bonds is 3. The first-order valence-corrected chi connectivity index (χ1v) is 9.42. The van der Waals surface area contributed by atoms with Crippen molar-refractivity contribution in [2.24, 2.45) is 0 Å². The van der Waals surface area contributed by atoms with E-state index in [1.165, 1.54) is 23.1 Å². The minimum absolute atomic E-state index is 0.0334. The van der Waals surface area contributed by atoms with Gasteiger partial charge in [-0.05, 0) is 31.0 Å². The molecule has 1 atom stereocenters. The Hall–Kier alpha value is -0.530. The zero-order chi connectivity index (χ0) is 13.4. The maximum Gasteiger partial charge on any atom is 0.262 e. The van der Waals surface area contributed by atoms with Crippen LogP contribution >= 0.6 is 23.1 Å². The van der Waals surface area contributed by atoms with Crippen LogP contribution in [0.2, 0.25) is 0 Å². The molecule has 0 bridgehead atoms. The van der Waals surface area contributed by atoms with Gasteiger partial charge in [-0.3, -0.25) is 4.79 Å². The van der Waals surface area contributed by atoms with Crippen molar-refractivity contribution in [3.05, 3.63) is 16.3 Å². The fourth-order valence-electron chi connectivity index (χ4n) is 2.06. The van der Waals surface area contributed by atoms with Crippen LogP contribution in [0.25, 0.3) is 0 Å². The highest BCUT2D eigenvalue weighted by Gasteiger charge is 2.39. The van der Waals surface area contributed by atoms with E-state index < -0.39 is 15.4 Å². The lowest BCUT2D eigenvalue weighted by Gasteiger charge is -2.23. The predicted molar refractivity (Wildman–Crippen MR) is 75.2 cm³/mol. The third-order valence-corrected chi connectivity index (χ3v) is 6.70. The molecule has 0 aromatic carbocycles. The number of amides is 1. The number of hydrogen-bond donors (Lipinski definition) is 1. The lowest BCUT2D eigenvalue weighted by Crippen LogP contribution is -2.46. The van der Waals surface area contributed by atoms with Gasteiger partial charge in [0.2, 0.25) is 0 Å². The summed E-state index contributed by atoms with van der Waals surface area (Å²) in [6.45, 7) is 1.79. The molecule has 1 saturated heterocycles. The van der Waals surface area contributed by atoms with Crippen LogP contribution in [-0.4, -0.2) is 37.6 Å². The number of thiophene rings is 1. The van der Waals surface area contributed by atoms with Gasteiger partial charge in [-0.25, -0.2) is 8.42 Å². The third kappa shape index (κ3) is 2.89. The molecule has 2 heterocycles. The Morgan fingerprint density at radius 2 is 2.28 bits per heavy atom. The second kappa shape index (κ2) is 4.86. The maximum absolute atomic E-state index is 12.1. The SMILES string of the molecule is CSc1ccsc1C(=O)NC1(C)CCS(=O)(=O)C1. The molecule has 18 heavy (non-hydrogen) atoms. The predicted octanol–water partition coefficient (Wildman–Crippen LogP) is 1.78. The van der Waals surface area contributed by atoms with Crippen molar-refractivity contribution in [3.8, 4) is 0 Å². The number of thioether (sulfide) groups is 1. The zero-order valence-corrected chi connectivity index (χ0v) is 12.7. The second-order valence-corrected chi connectivity index (χ2v) is 8.62. The smallest absolute Gasteiger partial charge is 0.262 e. The van der Waals surface area contributed by atoms with E-state index in [0.717, 1.165) is 4.90 Å². The summed E-state index contributed by atoms with van der Waals surface area (Å²) >= 11 is 2.90. The van der Waals surface area contributed by atoms with Gasteiger partial charge in [0.15, 0.2) is 9.84 Å². The second-order valence-electron chi connectivity index (χ2n) is 4.67. The summed E-state index contributed by atoms with van der Waals surface area (Å²) in [5.74, 6) is 0.0175. The molecule has 100 valence electrons. The molecule has 1 aromatic rings. The van der Waals surface area contributed by atoms with Crippen molar-refractivity contribution < 1.29 is 13.2 Å². The van der Waals surface area contributed by atoms with E-state index >= 15 is 0 Å². The van der Waals surface area contributed by atoms with Gasteiger partial charge in [0.05, 0.1) is 17.0 Å². The molecule has 1 aliphatic heterocycles. The molecule has 1 aromatic heterocycles. The molecule has 4 nitrogen and oxygen atoms in total. The highest BCUT2D eigenvalue weighted by atomic mass is 32.2. The first-order chi connectivity index (χ1) is 8.35. The highest BCUT2D eigenvalue weighted by molar-refractivity contribution is 7.98. The van der Waals surface area contributed by atoms with Gasteiger partial charge in [0.25, 0.3) is 5.91 Å². The minimum atomic E-state index is -3.00. The topological polar surface area (TPSA) is 63.2 Å². The van der Waals surface area contributed by atoms with Crippen LogP contribution in [0.5, 0.6) is 0 Å². The molecular formula is C11H15NO3S3. The fourth-order valence-corrected chi connectivity index (χ4v) is 5.80. The minimum Gasteiger partial charge on any atom is -0.345 e.